The number of nitrogens with zero attached hydrogens (tertiary/aromatic N) is 1. The first-order valence-corrected chi connectivity index (χ1v) is 9.45. The van der Waals surface area contributed by atoms with E-state index in [9.17, 15) is 19.5 Å². The van der Waals surface area contributed by atoms with Crippen molar-refractivity contribution < 1.29 is 24.0 Å². The summed E-state index contributed by atoms with van der Waals surface area (Å²) in [5.74, 6) is -2.24. The number of aliphatic hydroxyl groups is 1. The maximum absolute atomic E-state index is 13.7. The number of rotatable bonds is 10. The number of hydrogen-bond acceptors (Lipinski definition) is 6. The molecule has 0 saturated carbocycles. The van der Waals surface area contributed by atoms with Gasteiger partial charge >= 0.3 is 0 Å². The molecule has 0 atom stereocenters. The molecule has 7 heteroatoms. The molecule has 0 radical (unpaired) electrons. The lowest BCUT2D eigenvalue weighted by atomic mass is 9.56. The van der Waals surface area contributed by atoms with E-state index in [1.165, 1.54) is 30.4 Å². The van der Waals surface area contributed by atoms with Gasteiger partial charge in [-0.1, -0.05) is 29.5 Å². The Balaban J connectivity index is 2.76. The molecular formula is C23H26N2O5. The molecule has 1 aliphatic carbocycles. The van der Waals surface area contributed by atoms with Crippen molar-refractivity contribution in [2.75, 3.05) is 5.32 Å². The maximum Gasteiger partial charge on any atom is 0.264 e. The summed E-state index contributed by atoms with van der Waals surface area (Å²) < 4.78 is 4.92. The van der Waals surface area contributed by atoms with Crippen molar-refractivity contribution in [3.05, 3.63) is 73.8 Å². The van der Waals surface area contributed by atoms with Gasteiger partial charge in [0.25, 0.3) is 5.91 Å². The fourth-order valence-corrected chi connectivity index (χ4v) is 3.97. The van der Waals surface area contributed by atoms with E-state index in [1.807, 2.05) is 0 Å². The van der Waals surface area contributed by atoms with Gasteiger partial charge in [-0.15, -0.1) is 26.3 Å². The number of nitrogens with one attached hydrogen (secondary N) is 1. The van der Waals surface area contributed by atoms with Crippen molar-refractivity contribution in [3.63, 3.8) is 0 Å². The van der Waals surface area contributed by atoms with Crippen LogP contribution in [0.1, 0.15) is 31.4 Å². The molecule has 1 aromatic rings. The summed E-state index contributed by atoms with van der Waals surface area (Å²) in [6, 6.07) is 1.47. The number of aryl methyl sites for hydroxylation is 1. The summed E-state index contributed by atoms with van der Waals surface area (Å²) >= 11 is 0. The van der Waals surface area contributed by atoms with Gasteiger partial charge in [-0.05, 0) is 32.6 Å². The summed E-state index contributed by atoms with van der Waals surface area (Å²) in [6.07, 6.45) is 5.85. The molecule has 0 aliphatic heterocycles. The largest absolute Gasteiger partial charge is 0.510 e. The Morgan fingerprint density at radius 3 is 2.00 bits per heavy atom. The van der Waals surface area contributed by atoms with E-state index in [4.69, 9.17) is 4.52 Å². The minimum absolute atomic E-state index is 0.0140. The topological polar surface area (TPSA) is 110 Å². The second kappa shape index (κ2) is 8.90. The Morgan fingerprint density at radius 2 is 1.57 bits per heavy atom. The Bertz CT molecular complexity index is 931. The highest BCUT2D eigenvalue weighted by molar-refractivity contribution is 6.32. The molecule has 0 aromatic carbocycles. The number of carbonyl (C=O) groups excluding carboxylic acids is 3. The zero-order valence-electron chi connectivity index (χ0n) is 17.1. The van der Waals surface area contributed by atoms with Crippen LogP contribution in [0.3, 0.4) is 0 Å². The summed E-state index contributed by atoms with van der Waals surface area (Å²) in [5, 5.41) is 17.2. The van der Waals surface area contributed by atoms with E-state index in [0.717, 1.165) is 0 Å². The second-order valence-corrected chi connectivity index (χ2v) is 7.29. The molecule has 0 bridgehead atoms. The molecule has 1 aliphatic rings. The number of Topliss-reactive ketones (excluding diaryl/α,β-unsaturated/α-hetero) is 2. The summed E-state index contributed by atoms with van der Waals surface area (Å²) in [6.45, 7) is 16.3. The Labute approximate surface area is 175 Å². The Hall–Kier alpha value is -3.48. The van der Waals surface area contributed by atoms with Crippen LogP contribution in [0.5, 0.6) is 0 Å². The molecule has 1 heterocycles. The van der Waals surface area contributed by atoms with Crippen LogP contribution in [-0.2, 0) is 14.4 Å². The second-order valence-electron chi connectivity index (χ2n) is 7.29. The molecule has 2 rings (SSSR count). The average molecular weight is 410 g/mol. The molecule has 0 spiro atoms. The molecule has 7 nitrogen and oxygen atoms in total. The van der Waals surface area contributed by atoms with E-state index >= 15 is 0 Å². The number of aliphatic hydroxyl groups excluding tert-OH is 1. The van der Waals surface area contributed by atoms with Crippen LogP contribution in [0.4, 0.5) is 5.82 Å². The van der Waals surface area contributed by atoms with E-state index in [-0.39, 0.29) is 31.5 Å². The number of hydrogen-bond donors (Lipinski definition) is 2. The normalized spacial score (nSPS) is 17.4. The lowest BCUT2D eigenvalue weighted by Crippen LogP contribution is -2.55. The summed E-state index contributed by atoms with van der Waals surface area (Å²) in [7, 11) is 0. The van der Waals surface area contributed by atoms with Crippen molar-refractivity contribution in [3.8, 4) is 0 Å². The van der Waals surface area contributed by atoms with Crippen LogP contribution in [0.15, 0.2) is 72.5 Å². The fraction of sp³-hybridized carbons (Fsp3) is 0.304. The average Bonchev–Trinajstić information content (AvgIpc) is 3.10. The highest BCUT2D eigenvalue weighted by Gasteiger charge is 2.61. The van der Waals surface area contributed by atoms with Gasteiger partial charge in [0.2, 0.25) is 0 Å². The molecule has 158 valence electrons. The molecular weight excluding hydrogens is 384 g/mol. The van der Waals surface area contributed by atoms with E-state index < -0.39 is 39.6 Å². The van der Waals surface area contributed by atoms with Crippen molar-refractivity contribution in [1.29, 1.82) is 0 Å². The van der Waals surface area contributed by atoms with Gasteiger partial charge in [-0.25, -0.2) is 0 Å². The predicted molar refractivity (Wildman–Crippen MR) is 114 cm³/mol. The van der Waals surface area contributed by atoms with Crippen molar-refractivity contribution in [2.24, 2.45) is 10.8 Å². The number of allylic oxidation sites excluding steroid dienone is 5. The summed E-state index contributed by atoms with van der Waals surface area (Å²) in [4.78, 5) is 40.3. The lowest BCUT2D eigenvalue weighted by Gasteiger charge is -2.44. The highest BCUT2D eigenvalue weighted by atomic mass is 16.5. The number of aromatic nitrogens is 1. The quantitative estimate of drug-likeness (QED) is 0.340. The van der Waals surface area contributed by atoms with E-state index in [1.54, 1.807) is 6.92 Å². The number of carbonyl (C=O) groups is 3. The third kappa shape index (κ3) is 3.58. The predicted octanol–water partition coefficient (Wildman–Crippen LogP) is 4.16. The van der Waals surface area contributed by atoms with Crippen molar-refractivity contribution >= 4 is 23.3 Å². The smallest absolute Gasteiger partial charge is 0.264 e. The first-order valence-electron chi connectivity index (χ1n) is 9.45. The minimum Gasteiger partial charge on any atom is -0.510 e. The maximum atomic E-state index is 13.7. The van der Waals surface area contributed by atoms with Crippen LogP contribution in [0, 0.1) is 17.8 Å². The summed E-state index contributed by atoms with van der Waals surface area (Å²) in [5.41, 5.74) is -3.66. The standard InChI is InChI=1S/C23H26N2O5/c1-6-10-22(11-7-2)18(26)17(20(28)24-16-14-15(5)30-25-16)19(27)23(12-8-3,13-9-4)21(22)29/h6-9,14,26H,1-4,10-13H2,5H3,(H,24,25,28). The van der Waals surface area contributed by atoms with Crippen LogP contribution in [0.2, 0.25) is 0 Å². The monoisotopic (exact) mass is 410 g/mol. The van der Waals surface area contributed by atoms with Gasteiger partial charge in [0.1, 0.15) is 22.5 Å². The van der Waals surface area contributed by atoms with Gasteiger partial charge in [-0.2, -0.15) is 0 Å². The third-order valence-corrected chi connectivity index (χ3v) is 5.29. The van der Waals surface area contributed by atoms with Crippen LogP contribution in [-0.4, -0.2) is 27.7 Å². The third-order valence-electron chi connectivity index (χ3n) is 5.29. The number of anilines is 1. The fourth-order valence-electron chi connectivity index (χ4n) is 3.97. The molecule has 0 unspecified atom stereocenters. The Kier molecular flexibility index (Phi) is 6.77. The van der Waals surface area contributed by atoms with Crippen LogP contribution in [0.25, 0.3) is 0 Å². The molecule has 0 fully saturated rings. The van der Waals surface area contributed by atoms with Crippen LogP contribution < -0.4 is 5.32 Å². The van der Waals surface area contributed by atoms with E-state index in [0.29, 0.717) is 5.76 Å². The van der Waals surface area contributed by atoms with Crippen LogP contribution >= 0.6 is 0 Å². The van der Waals surface area contributed by atoms with Gasteiger partial charge in [-0.3, -0.25) is 14.4 Å². The number of ketones is 2. The first-order chi connectivity index (χ1) is 14.2. The lowest BCUT2D eigenvalue weighted by molar-refractivity contribution is -0.148. The van der Waals surface area contributed by atoms with Gasteiger partial charge in [0.15, 0.2) is 17.4 Å². The van der Waals surface area contributed by atoms with Crippen molar-refractivity contribution in [2.45, 2.75) is 32.6 Å². The number of amides is 1. The zero-order chi connectivity index (χ0) is 22.5. The highest BCUT2D eigenvalue weighted by Crippen LogP contribution is 2.51. The first kappa shape index (κ1) is 22.8. The zero-order valence-corrected chi connectivity index (χ0v) is 17.1. The Morgan fingerprint density at radius 1 is 1.07 bits per heavy atom. The van der Waals surface area contributed by atoms with Gasteiger partial charge in [0.05, 0.1) is 5.41 Å². The molecule has 30 heavy (non-hydrogen) atoms. The SMILES string of the molecule is C=CCC1(CC=C)C(=O)C(C(=O)Nc2cc(C)on2)=C(O)C(CC=C)(CC=C)C1=O. The minimum atomic E-state index is -1.62. The van der Waals surface area contributed by atoms with Gasteiger partial charge < -0.3 is 14.9 Å². The van der Waals surface area contributed by atoms with Gasteiger partial charge in [0, 0.05) is 6.07 Å². The van der Waals surface area contributed by atoms with Crippen molar-refractivity contribution in [1.82, 2.24) is 5.16 Å². The molecule has 1 aromatic heterocycles. The molecule has 2 N–H and O–H groups in total. The van der Waals surface area contributed by atoms with E-state index in [2.05, 4.69) is 36.8 Å². The molecule has 0 saturated heterocycles. The molecule has 1 amide bonds.